The SMILES string of the molecule is CN=C(NCc1nnc2n1CCC2)NCC1CC1.I. The lowest BCUT2D eigenvalue weighted by Crippen LogP contribution is -2.38. The van der Waals surface area contributed by atoms with Gasteiger partial charge in [-0.25, -0.2) is 0 Å². The second-order valence-corrected chi connectivity index (χ2v) is 5.04. The summed E-state index contributed by atoms with van der Waals surface area (Å²) in [7, 11) is 1.80. The summed E-state index contributed by atoms with van der Waals surface area (Å²) in [6.45, 7) is 2.77. The Morgan fingerprint density at radius 2 is 2.21 bits per heavy atom. The number of nitrogens with zero attached hydrogens (tertiary/aromatic N) is 4. The first-order chi connectivity index (χ1) is 8.86. The van der Waals surface area contributed by atoms with Crippen LogP contribution in [0.15, 0.2) is 4.99 Å². The van der Waals surface area contributed by atoms with Crippen LogP contribution >= 0.6 is 24.0 Å². The Hall–Kier alpha value is -0.860. The Kier molecular flexibility index (Phi) is 5.00. The van der Waals surface area contributed by atoms with E-state index in [1.807, 2.05) is 0 Å². The molecule has 1 aliphatic carbocycles. The van der Waals surface area contributed by atoms with E-state index in [4.69, 9.17) is 0 Å². The summed E-state index contributed by atoms with van der Waals surface area (Å²) in [6.07, 6.45) is 4.94. The number of halogens is 1. The minimum Gasteiger partial charge on any atom is -0.356 e. The summed E-state index contributed by atoms with van der Waals surface area (Å²) >= 11 is 0. The first-order valence-electron chi connectivity index (χ1n) is 6.72. The van der Waals surface area contributed by atoms with Crippen molar-refractivity contribution in [3.63, 3.8) is 0 Å². The van der Waals surface area contributed by atoms with Gasteiger partial charge in [-0.05, 0) is 25.2 Å². The lowest BCUT2D eigenvalue weighted by molar-refractivity contribution is 0.659. The molecule has 7 heteroatoms. The second kappa shape index (κ2) is 6.53. The lowest BCUT2D eigenvalue weighted by atomic mass is 10.4. The molecule has 0 radical (unpaired) electrons. The highest BCUT2D eigenvalue weighted by Crippen LogP contribution is 2.27. The zero-order valence-corrected chi connectivity index (χ0v) is 13.6. The molecule has 0 bridgehead atoms. The van der Waals surface area contributed by atoms with Crippen LogP contribution in [0.4, 0.5) is 0 Å². The Balaban J connectivity index is 0.00000133. The van der Waals surface area contributed by atoms with E-state index in [0.29, 0.717) is 6.54 Å². The maximum atomic E-state index is 4.22. The quantitative estimate of drug-likeness (QED) is 0.466. The van der Waals surface area contributed by atoms with E-state index in [2.05, 4.69) is 30.4 Å². The van der Waals surface area contributed by atoms with Crippen molar-refractivity contribution in [2.45, 2.75) is 38.8 Å². The third-order valence-corrected chi connectivity index (χ3v) is 3.58. The number of aliphatic imine (C=N–C) groups is 1. The molecule has 0 saturated heterocycles. The van der Waals surface area contributed by atoms with Crippen molar-refractivity contribution in [1.82, 2.24) is 25.4 Å². The molecule has 1 saturated carbocycles. The molecule has 2 aliphatic rings. The molecule has 1 aromatic heterocycles. The highest BCUT2D eigenvalue weighted by Gasteiger charge is 2.21. The van der Waals surface area contributed by atoms with Crippen molar-refractivity contribution in [1.29, 1.82) is 0 Å². The smallest absolute Gasteiger partial charge is 0.191 e. The molecule has 1 fully saturated rings. The zero-order chi connectivity index (χ0) is 12.4. The molecule has 0 aromatic carbocycles. The Morgan fingerprint density at radius 1 is 1.37 bits per heavy atom. The van der Waals surface area contributed by atoms with Crippen LogP contribution in [0.3, 0.4) is 0 Å². The van der Waals surface area contributed by atoms with Crippen LogP contribution in [-0.2, 0) is 19.5 Å². The number of aromatic nitrogens is 3. The molecular weight excluding hydrogens is 355 g/mol. The average Bonchev–Trinajstić information content (AvgIpc) is 2.96. The minimum absolute atomic E-state index is 0. The van der Waals surface area contributed by atoms with Gasteiger partial charge in [0.1, 0.15) is 5.82 Å². The maximum Gasteiger partial charge on any atom is 0.191 e. The maximum absolute atomic E-state index is 4.22. The molecular formula is C12H21IN6. The second-order valence-electron chi connectivity index (χ2n) is 5.04. The van der Waals surface area contributed by atoms with Crippen molar-refractivity contribution >= 4 is 29.9 Å². The predicted octanol–water partition coefficient (Wildman–Crippen LogP) is 0.917. The number of hydrogen-bond acceptors (Lipinski definition) is 3. The molecule has 0 atom stereocenters. The third-order valence-electron chi connectivity index (χ3n) is 3.58. The van der Waals surface area contributed by atoms with Gasteiger partial charge in [-0.3, -0.25) is 4.99 Å². The zero-order valence-electron chi connectivity index (χ0n) is 11.2. The third kappa shape index (κ3) is 3.58. The first kappa shape index (κ1) is 14.5. The van der Waals surface area contributed by atoms with Gasteiger partial charge in [0.05, 0.1) is 6.54 Å². The number of hydrogen-bond donors (Lipinski definition) is 2. The summed E-state index contributed by atoms with van der Waals surface area (Å²) in [4.78, 5) is 4.22. The molecule has 0 spiro atoms. The fraction of sp³-hybridized carbons (Fsp3) is 0.750. The van der Waals surface area contributed by atoms with Crippen molar-refractivity contribution in [3.8, 4) is 0 Å². The molecule has 3 rings (SSSR count). The van der Waals surface area contributed by atoms with E-state index in [1.165, 1.54) is 19.3 Å². The van der Waals surface area contributed by atoms with Gasteiger partial charge in [0.25, 0.3) is 0 Å². The molecule has 2 heterocycles. The van der Waals surface area contributed by atoms with Crippen LogP contribution < -0.4 is 10.6 Å². The van der Waals surface area contributed by atoms with Gasteiger partial charge in [0, 0.05) is 26.6 Å². The van der Waals surface area contributed by atoms with Crippen molar-refractivity contribution in [2.24, 2.45) is 10.9 Å². The van der Waals surface area contributed by atoms with Gasteiger partial charge in [-0.1, -0.05) is 0 Å². The van der Waals surface area contributed by atoms with E-state index in [0.717, 1.165) is 43.0 Å². The Labute approximate surface area is 130 Å². The van der Waals surface area contributed by atoms with Crippen LogP contribution in [0.1, 0.15) is 30.9 Å². The van der Waals surface area contributed by atoms with E-state index in [-0.39, 0.29) is 24.0 Å². The summed E-state index contributed by atoms with van der Waals surface area (Å²) in [5.74, 6) is 3.84. The monoisotopic (exact) mass is 376 g/mol. The summed E-state index contributed by atoms with van der Waals surface area (Å²) in [5.41, 5.74) is 0. The van der Waals surface area contributed by atoms with Gasteiger partial charge in [-0.2, -0.15) is 0 Å². The topological polar surface area (TPSA) is 67.1 Å². The summed E-state index contributed by atoms with van der Waals surface area (Å²) in [5, 5.41) is 15.1. The average molecular weight is 376 g/mol. The standard InChI is InChI=1S/C12H20N6.HI/c1-13-12(14-7-9-4-5-9)15-8-11-17-16-10-3-2-6-18(10)11;/h9H,2-8H2,1H3,(H2,13,14,15);1H. The van der Waals surface area contributed by atoms with E-state index in [1.54, 1.807) is 7.05 Å². The fourth-order valence-corrected chi connectivity index (χ4v) is 2.29. The predicted molar refractivity (Wildman–Crippen MR) is 84.7 cm³/mol. The van der Waals surface area contributed by atoms with Gasteiger partial charge in [0.2, 0.25) is 0 Å². The van der Waals surface area contributed by atoms with Crippen LogP contribution in [0, 0.1) is 5.92 Å². The largest absolute Gasteiger partial charge is 0.356 e. The fourth-order valence-electron chi connectivity index (χ4n) is 2.29. The Bertz CT molecular complexity index is 451. The summed E-state index contributed by atoms with van der Waals surface area (Å²) in [6, 6.07) is 0. The number of nitrogens with one attached hydrogen (secondary N) is 2. The number of guanidine groups is 1. The van der Waals surface area contributed by atoms with Gasteiger partial charge >= 0.3 is 0 Å². The molecule has 19 heavy (non-hydrogen) atoms. The normalized spacial score (nSPS) is 17.8. The first-order valence-corrected chi connectivity index (χ1v) is 6.72. The number of fused-ring (bicyclic) bond motifs is 1. The number of rotatable bonds is 4. The molecule has 0 unspecified atom stereocenters. The van der Waals surface area contributed by atoms with Crippen molar-refractivity contribution in [3.05, 3.63) is 11.6 Å². The molecule has 0 amide bonds. The van der Waals surface area contributed by atoms with Crippen molar-refractivity contribution < 1.29 is 0 Å². The highest BCUT2D eigenvalue weighted by atomic mass is 127. The molecule has 1 aromatic rings. The van der Waals surface area contributed by atoms with Crippen LogP contribution in [0.25, 0.3) is 0 Å². The molecule has 106 valence electrons. The van der Waals surface area contributed by atoms with Crippen LogP contribution in [0.2, 0.25) is 0 Å². The number of aryl methyl sites for hydroxylation is 1. The highest BCUT2D eigenvalue weighted by molar-refractivity contribution is 14.0. The molecule has 2 N–H and O–H groups in total. The molecule has 6 nitrogen and oxygen atoms in total. The van der Waals surface area contributed by atoms with Crippen LogP contribution in [0.5, 0.6) is 0 Å². The van der Waals surface area contributed by atoms with Gasteiger partial charge in [-0.15, -0.1) is 34.2 Å². The van der Waals surface area contributed by atoms with E-state index < -0.39 is 0 Å². The van der Waals surface area contributed by atoms with E-state index in [9.17, 15) is 0 Å². The van der Waals surface area contributed by atoms with Gasteiger partial charge < -0.3 is 15.2 Å². The Morgan fingerprint density at radius 3 is 2.95 bits per heavy atom. The van der Waals surface area contributed by atoms with Crippen molar-refractivity contribution in [2.75, 3.05) is 13.6 Å². The minimum atomic E-state index is 0. The van der Waals surface area contributed by atoms with Gasteiger partial charge in [0.15, 0.2) is 11.8 Å². The van der Waals surface area contributed by atoms with E-state index >= 15 is 0 Å². The lowest BCUT2D eigenvalue weighted by Gasteiger charge is -2.11. The summed E-state index contributed by atoms with van der Waals surface area (Å²) < 4.78 is 2.21. The van der Waals surface area contributed by atoms with Crippen LogP contribution in [-0.4, -0.2) is 34.3 Å². The molecule has 1 aliphatic heterocycles.